The third-order valence-corrected chi connectivity index (χ3v) is 1.72. The number of unbranched alkanes of at least 4 members (excludes halogenated alkanes) is 1. The molecule has 0 radical (unpaired) electrons. The maximum absolute atomic E-state index is 7.65. The molecule has 10 heteroatoms. The lowest BCUT2D eigenvalue weighted by Crippen LogP contribution is -2.50. The van der Waals surface area contributed by atoms with Crippen molar-refractivity contribution in [3.63, 3.8) is 0 Å². The van der Waals surface area contributed by atoms with Gasteiger partial charge >= 0.3 is 0 Å². The first-order chi connectivity index (χ1) is 8.36. The molecule has 0 saturated carbocycles. The van der Waals surface area contributed by atoms with E-state index < -0.39 is 5.96 Å². The average Bonchev–Trinajstić information content (AvgIpc) is 2.21. The fraction of sp³-hybridized carbons (Fsp3) is 0.500. The van der Waals surface area contributed by atoms with Gasteiger partial charge in [-0.25, -0.2) is 0 Å². The summed E-state index contributed by atoms with van der Waals surface area (Å²) in [6.45, 7) is 2.45. The highest BCUT2D eigenvalue weighted by atomic mass is 15.6. The molecule has 10 nitrogen and oxygen atoms in total. The van der Waals surface area contributed by atoms with E-state index in [1.54, 1.807) is 0 Å². The summed E-state index contributed by atoms with van der Waals surface area (Å²) in [5.41, 5.74) is 23.5. The molecule has 0 atom stereocenters. The third kappa shape index (κ3) is 6.87. The van der Waals surface area contributed by atoms with Crippen molar-refractivity contribution >= 4 is 23.8 Å². The van der Waals surface area contributed by atoms with Crippen LogP contribution in [0.5, 0.6) is 0 Å². The molecule has 0 rings (SSSR count). The molecule has 0 saturated heterocycles. The smallest absolute Gasteiger partial charge is 0.240 e. The van der Waals surface area contributed by atoms with Crippen LogP contribution < -0.4 is 28.4 Å². The van der Waals surface area contributed by atoms with Crippen molar-refractivity contribution in [2.75, 3.05) is 6.54 Å². The van der Waals surface area contributed by atoms with Crippen LogP contribution in [0.4, 0.5) is 0 Å². The van der Waals surface area contributed by atoms with Crippen molar-refractivity contribution in [3.8, 4) is 0 Å². The van der Waals surface area contributed by atoms with Crippen molar-refractivity contribution in [3.05, 3.63) is 0 Å². The molecular weight excluding hydrogens is 236 g/mol. The molecule has 0 aromatic rings. The predicted molar refractivity (Wildman–Crippen MR) is 71.8 cm³/mol. The van der Waals surface area contributed by atoms with Crippen molar-refractivity contribution < 1.29 is 0 Å². The molecule has 0 aliphatic heterocycles. The molecule has 0 heterocycles. The number of hydrazine groups is 1. The second kappa shape index (κ2) is 7.70. The summed E-state index contributed by atoms with van der Waals surface area (Å²) in [6, 6.07) is 0. The quantitative estimate of drug-likeness (QED) is 0.173. The topological polar surface area (TPSA) is 192 Å². The van der Waals surface area contributed by atoms with Gasteiger partial charge in [-0.3, -0.25) is 21.3 Å². The number of aliphatic imine (C=N–C) groups is 2. The second-order valence-corrected chi connectivity index (χ2v) is 3.36. The van der Waals surface area contributed by atoms with Gasteiger partial charge in [-0.1, -0.05) is 13.3 Å². The standard InChI is InChI=1S/C8H20N10/c1-2-3-4-18(8(14)16-6(11)12)17-7(13)15-5(9)10/h2-4H2,1H3,(H5,11,12,14,16)(H6,9,10,13,15,17). The maximum Gasteiger partial charge on any atom is 0.240 e. The van der Waals surface area contributed by atoms with Crippen LogP contribution in [0.1, 0.15) is 19.8 Å². The van der Waals surface area contributed by atoms with Gasteiger partial charge < -0.3 is 22.9 Å². The van der Waals surface area contributed by atoms with Crippen LogP contribution in [0.2, 0.25) is 0 Å². The number of nitrogens with two attached hydrogens (primary N) is 4. The molecule has 0 unspecified atom stereocenters. The predicted octanol–water partition coefficient (Wildman–Crippen LogP) is -1.99. The summed E-state index contributed by atoms with van der Waals surface area (Å²) in [7, 11) is 0. The van der Waals surface area contributed by atoms with Crippen LogP contribution in [0.25, 0.3) is 0 Å². The van der Waals surface area contributed by atoms with Gasteiger partial charge in [-0.05, 0) is 6.42 Å². The lowest BCUT2D eigenvalue weighted by atomic mass is 10.3. The fourth-order valence-corrected chi connectivity index (χ4v) is 1.01. The summed E-state index contributed by atoms with van der Waals surface area (Å²) < 4.78 is 0. The van der Waals surface area contributed by atoms with Gasteiger partial charge in [-0.2, -0.15) is 9.98 Å². The number of rotatable bonds is 3. The van der Waals surface area contributed by atoms with Gasteiger partial charge in [0.25, 0.3) is 0 Å². The number of guanidine groups is 4. The van der Waals surface area contributed by atoms with Gasteiger partial charge in [0.1, 0.15) is 0 Å². The molecule has 0 bridgehead atoms. The highest BCUT2D eigenvalue weighted by Gasteiger charge is 2.09. The van der Waals surface area contributed by atoms with Gasteiger partial charge in [0.15, 0.2) is 5.96 Å². The minimum absolute atomic E-state index is 0.117. The molecule has 0 amide bonds. The molecule has 0 aliphatic carbocycles. The first kappa shape index (κ1) is 15.5. The molecule has 0 spiro atoms. The Morgan fingerprint density at radius 1 is 1.17 bits per heavy atom. The summed E-state index contributed by atoms with van der Waals surface area (Å²) in [6.07, 6.45) is 1.71. The fourth-order valence-electron chi connectivity index (χ4n) is 1.01. The van der Waals surface area contributed by atoms with E-state index in [2.05, 4.69) is 15.4 Å². The Morgan fingerprint density at radius 3 is 2.22 bits per heavy atom. The van der Waals surface area contributed by atoms with Crippen LogP contribution in [0, 0.1) is 10.8 Å². The third-order valence-electron chi connectivity index (χ3n) is 1.72. The Morgan fingerprint density at radius 2 is 1.78 bits per heavy atom. The molecule has 102 valence electrons. The Kier molecular flexibility index (Phi) is 6.63. The van der Waals surface area contributed by atoms with Crippen LogP contribution >= 0.6 is 0 Å². The summed E-state index contributed by atoms with van der Waals surface area (Å²) in [4.78, 5) is 7.07. The first-order valence-corrected chi connectivity index (χ1v) is 5.27. The molecule has 11 N–H and O–H groups in total. The lowest BCUT2D eigenvalue weighted by molar-refractivity contribution is 0.360. The van der Waals surface area contributed by atoms with Crippen LogP contribution in [-0.4, -0.2) is 35.4 Å². The summed E-state index contributed by atoms with van der Waals surface area (Å²) >= 11 is 0. The zero-order valence-electron chi connectivity index (χ0n) is 10.3. The van der Waals surface area contributed by atoms with Crippen molar-refractivity contribution in [2.45, 2.75) is 19.8 Å². The van der Waals surface area contributed by atoms with E-state index in [-0.39, 0.29) is 17.9 Å². The highest BCUT2D eigenvalue weighted by Crippen LogP contribution is 1.94. The molecule has 0 fully saturated rings. The first-order valence-electron chi connectivity index (χ1n) is 5.27. The molecule has 0 aromatic heterocycles. The van der Waals surface area contributed by atoms with E-state index in [1.165, 1.54) is 5.01 Å². The largest absolute Gasteiger partial charge is 0.370 e. The van der Waals surface area contributed by atoms with Crippen molar-refractivity contribution in [1.29, 1.82) is 10.8 Å². The van der Waals surface area contributed by atoms with Crippen LogP contribution in [-0.2, 0) is 0 Å². The second-order valence-electron chi connectivity index (χ2n) is 3.36. The van der Waals surface area contributed by atoms with E-state index in [0.717, 1.165) is 12.8 Å². The van der Waals surface area contributed by atoms with Crippen LogP contribution in [0.3, 0.4) is 0 Å². The number of nitrogens with one attached hydrogen (secondary N) is 3. The average molecular weight is 256 g/mol. The van der Waals surface area contributed by atoms with E-state index in [4.69, 9.17) is 33.8 Å². The molecule has 0 aromatic carbocycles. The van der Waals surface area contributed by atoms with Gasteiger partial charge in [0, 0.05) is 6.54 Å². The van der Waals surface area contributed by atoms with Crippen molar-refractivity contribution in [1.82, 2.24) is 10.4 Å². The number of nitrogens with zero attached hydrogens (tertiary/aromatic N) is 3. The zero-order chi connectivity index (χ0) is 14.1. The Hall–Kier alpha value is -2.52. The molecule has 0 aliphatic rings. The lowest BCUT2D eigenvalue weighted by Gasteiger charge is -2.23. The highest BCUT2D eigenvalue weighted by molar-refractivity contribution is 5.95. The monoisotopic (exact) mass is 256 g/mol. The Bertz CT molecular complexity index is 353. The maximum atomic E-state index is 7.65. The normalized spacial score (nSPS) is 10.6. The van der Waals surface area contributed by atoms with Crippen molar-refractivity contribution in [2.24, 2.45) is 32.9 Å². The van der Waals surface area contributed by atoms with E-state index >= 15 is 0 Å². The van der Waals surface area contributed by atoms with Gasteiger partial charge in [0.2, 0.25) is 17.9 Å². The number of hydrogen-bond donors (Lipinski definition) is 7. The Balaban J connectivity index is 4.73. The SMILES string of the molecule is CCCCN(NC(N)=NC(=N)N)C(=N)N=C(N)N. The summed E-state index contributed by atoms with van der Waals surface area (Å²) in [5, 5.41) is 15.9. The summed E-state index contributed by atoms with van der Waals surface area (Å²) in [5.74, 6) is -0.992. The Labute approximate surface area is 105 Å². The zero-order valence-corrected chi connectivity index (χ0v) is 10.3. The van der Waals surface area contributed by atoms with Crippen LogP contribution in [0.15, 0.2) is 9.98 Å². The molecular formula is C8H20N10. The number of hydrogen-bond acceptors (Lipinski definition) is 2. The van der Waals surface area contributed by atoms with E-state index in [0.29, 0.717) is 6.54 Å². The van der Waals surface area contributed by atoms with E-state index in [1.807, 2.05) is 6.92 Å². The van der Waals surface area contributed by atoms with Gasteiger partial charge in [0.05, 0.1) is 0 Å². The minimum atomic E-state index is -0.441. The molecule has 18 heavy (non-hydrogen) atoms. The van der Waals surface area contributed by atoms with E-state index in [9.17, 15) is 0 Å². The van der Waals surface area contributed by atoms with Gasteiger partial charge in [-0.15, -0.1) is 0 Å². The minimum Gasteiger partial charge on any atom is -0.370 e.